The smallest absolute Gasteiger partial charge is 0.335 e. The Morgan fingerprint density at radius 1 is 0.893 bits per heavy atom. The van der Waals surface area contributed by atoms with Crippen LogP contribution in [0.25, 0.3) is 11.1 Å². The van der Waals surface area contributed by atoms with Crippen LogP contribution in [0, 0.1) is 11.6 Å². The van der Waals surface area contributed by atoms with Crippen LogP contribution in [-0.4, -0.2) is 19.8 Å². The maximum Gasteiger partial charge on any atom is 0.335 e. The van der Waals surface area contributed by atoms with Gasteiger partial charge in [0, 0.05) is 0 Å². The summed E-state index contributed by atoms with van der Waals surface area (Å²) in [5.74, 6) is -2.38. The normalized spacial score (nSPS) is 11.8. The quantitative estimate of drug-likeness (QED) is 0.595. The fourth-order valence-electron chi connectivity index (χ4n) is 2.73. The molecule has 0 aliphatic heterocycles. The second-order valence-electron chi connectivity index (χ2n) is 5.97. The number of carboxylic acid groups (broad SMARTS) is 1. The van der Waals surface area contributed by atoms with Crippen molar-refractivity contribution < 1.29 is 27.4 Å². The second kappa shape index (κ2) is 8.28. The second-order valence-corrected chi connectivity index (χ2v) is 6.88. The van der Waals surface area contributed by atoms with Gasteiger partial charge in [0.1, 0.15) is 11.6 Å². The molecule has 3 aromatic rings. The van der Waals surface area contributed by atoms with Gasteiger partial charge in [0.25, 0.3) is 11.3 Å². The van der Waals surface area contributed by atoms with Gasteiger partial charge in [-0.1, -0.05) is 24.3 Å². The number of anilines is 1. The minimum Gasteiger partial charge on any atom is -0.478 e. The zero-order valence-corrected chi connectivity index (χ0v) is 15.2. The number of hydrogen-bond donors (Lipinski definition) is 2. The first-order valence-electron chi connectivity index (χ1n) is 8.11. The van der Waals surface area contributed by atoms with Crippen LogP contribution in [0.5, 0.6) is 0 Å². The molecule has 0 aliphatic carbocycles. The Labute approximate surface area is 162 Å². The maximum absolute atomic E-state index is 13.7. The Bertz CT molecular complexity index is 1020. The Morgan fingerprint density at radius 3 is 2.00 bits per heavy atom. The third-order valence-electron chi connectivity index (χ3n) is 4.05. The van der Waals surface area contributed by atoms with Crippen LogP contribution in [0.15, 0.2) is 66.7 Å². The molecule has 3 aromatic carbocycles. The van der Waals surface area contributed by atoms with E-state index in [0.717, 1.165) is 27.6 Å². The Balaban J connectivity index is 1.87. The molecule has 0 amide bonds. The molecule has 1 unspecified atom stereocenters. The summed E-state index contributed by atoms with van der Waals surface area (Å²) in [7, 11) is 0. The average Bonchev–Trinajstić information content (AvgIpc) is 2.66. The van der Waals surface area contributed by atoms with Crippen molar-refractivity contribution in [3.8, 4) is 11.1 Å². The number of carbonyl (C=O) groups is 1. The van der Waals surface area contributed by atoms with Gasteiger partial charge >= 0.3 is 5.97 Å². The largest absolute Gasteiger partial charge is 0.478 e. The molecule has 2 N–H and O–H groups in total. The molecule has 0 saturated heterocycles. The summed E-state index contributed by atoms with van der Waals surface area (Å²) in [4.78, 5) is 11.1. The predicted molar refractivity (Wildman–Crippen MR) is 102 cm³/mol. The van der Waals surface area contributed by atoms with Crippen LogP contribution < -0.4 is 4.31 Å². The fourth-order valence-corrected chi connectivity index (χ4v) is 3.29. The van der Waals surface area contributed by atoms with E-state index in [2.05, 4.69) is 0 Å². The van der Waals surface area contributed by atoms with Crippen molar-refractivity contribution in [3.63, 3.8) is 0 Å². The summed E-state index contributed by atoms with van der Waals surface area (Å²) in [6.07, 6.45) is 0. The third-order valence-corrected chi connectivity index (χ3v) is 4.77. The molecule has 0 radical (unpaired) electrons. The molecule has 0 bridgehead atoms. The van der Waals surface area contributed by atoms with E-state index in [1.807, 2.05) is 0 Å². The summed E-state index contributed by atoms with van der Waals surface area (Å²) in [6, 6.07) is 15.8. The van der Waals surface area contributed by atoms with Gasteiger partial charge in [-0.15, -0.1) is 0 Å². The van der Waals surface area contributed by atoms with Crippen molar-refractivity contribution in [2.45, 2.75) is 6.54 Å². The zero-order chi connectivity index (χ0) is 20.3. The molecule has 0 heterocycles. The topological polar surface area (TPSA) is 77.8 Å². The lowest BCUT2D eigenvalue weighted by atomic mass is 10.1. The van der Waals surface area contributed by atoms with Crippen LogP contribution >= 0.6 is 0 Å². The van der Waals surface area contributed by atoms with Gasteiger partial charge in [0.05, 0.1) is 17.8 Å². The first-order valence-corrected chi connectivity index (χ1v) is 9.17. The minimum absolute atomic E-state index is 0.170. The minimum atomic E-state index is -2.42. The lowest BCUT2D eigenvalue weighted by molar-refractivity contribution is 0.0696. The molecule has 0 spiro atoms. The molecular weight excluding hydrogens is 388 g/mol. The van der Waals surface area contributed by atoms with E-state index in [1.165, 1.54) is 18.2 Å². The van der Waals surface area contributed by atoms with Crippen molar-refractivity contribution in [2.75, 3.05) is 4.31 Å². The fraction of sp³-hybridized carbons (Fsp3) is 0.0500. The number of halogens is 2. The first kappa shape index (κ1) is 19.7. The van der Waals surface area contributed by atoms with Crippen LogP contribution in [-0.2, 0) is 17.8 Å². The standard InChI is InChI=1S/C20H15F2NO4S/c21-17-5-1-14(2-6-17)15-3-7-19(8-4-15)23(28(26)27)12-13-9-16(20(24)25)11-18(22)10-13/h1-11H,12H2,(H,24,25)(H,26,27). The van der Waals surface area contributed by atoms with Gasteiger partial charge < -0.3 is 5.11 Å². The highest BCUT2D eigenvalue weighted by atomic mass is 32.2. The zero-order valence-electron chi connectivity index (χ0n) is 14.4. The van der Waals surface area contributed by atoms with Gasteiger partial charge in [0.15, 0.2) is 0 Å². The summed E-state index contributed by atoms with van der Waals surface area (Å²) in [5.41, 5.74) is 1.94. The summed E-state index contributed by atoms with van der Waals surface area (Å²) in [6.45, 7) is -0.170. The van der Waals surface area contributed by atoms with E-state index in [-0.39, 0.29) is 23.5 Å². The molecule has 8 heteroatoms. The van der Waals surface area contributed by atoms with Crippen LogP contribution in [0.3, 0.4) is 0 Å². The Morgan fingerprint density at radius 2 is 1.46 bits per heavy atom. The van der Waals surface area contributed by atoms with Crippen LogP contribution in [0.4, 0.5) is 14.5 Å². The molecule has 144 valence electrons. The molecule has 28 heavy (non-hydrogen) atoms. The summed E-state index contributed by atoms with van der Waals surface area (Å²) in [5, 5.41) is 9.04. The van der Waals surface area contributed by atoms with Gasteiger partial charge in [0.2, 0.25) is 0 Å². The lowest BCUT2D eigenvalue weighted by Gasteiger charge is -2.20. The first-order chi connectivity index (χ1) is 13.3. The molecular formula is C20H15F2NO4S. The molecule has 0 fully saturated rings. The Kier molecular flexibility index (Phi) is 5.81. The highest BCUT2D eigenvalue weighted by Gasteiger charge is 2.16. The van der Waals surface area contributed by atoms with Crippen LogP contribution in [0.2, 0.25) is 0 Å². The molecule has 0 aromatic heterocycles. The van der Waals surface area contributed by atoms with Gasteiger partial charge in [-0.25, -0.2) is 17.8 Å². The van der Waals surface area contributed by atoms with E-state index in [4.69, 9.17) is 5.11 Å². The third kappa shape index (κ3) is 4.59. The van der Waals surface area contributed by atoms with E-state index in [0.29, 0.717) is 5.69 Å². The van der Waals surface area contributed by atoms with Gasteiger partial charge in [-0.2, -0.15) is 0 Å². The number of rotatable bonds is 6. The van der Waals surface area contributed by atoms with Crippen molar-refractivity contribution in [1.82, 2.24) is 0 Å². The van der Waals surface area contributed by atoms with E-state index in [1.54, 1.807) is 36.4 Å². The average molecular weight is 403 g/mol. The van der Waals surface area contributed by atoms with Crippen molar-refractivity contribution in [1.29, 1.82) is 0 Å². The van der Waals surface area contributed by atoms with Gasteiger partial charge in [-0.05, 0) is 59.2 Å². The highest BCUT2D eigenvalue weighted by Crippen LogP contribution is 2.25. The van der Waals surface area contributed by atoms with Crippen molar-refractivity contribution >= 4 is 22.9 Å². The number of carboxylic acids is 1. The number of hydrogen-bond acceptors (Lipinski definition) is 2. The Hall–Kier alpha value is -3.10. The maximum atomic E-state index is 13.7. The summed E-state index contributed by atoms with van der Waals surface area (Å²) >= 11 is -2.42. The molecule has 5 nitrogen and oxygen atoms in total. The predicted octanol–water partition coefficient (Wildman–Crippen LogP) is 4.47. The monoisotopic (exact) mass is 403 g/mol. The SMILES string of the molecule is O=C(O)c1cc(F)cc(CN(c2ccc(-c3ccc(F)cc3)cc2)S(=O)O)c1. The molecule has 0 saturated carbocycles. The van der Waals surface area contributed by atoms with E-state index >= 15 is 0 Å². The summed E-state index contributed by atoms with van der Waals surface area (Å²) < 4.78 is 49.2. The van der Waals surface area contributed by atoms with Crippen LogP contribution in [0.1, 0.15) is 15.9 Å². The van der Waals surface area contributed by atoms with E-state index in [9.17, 15) is 22.3 Å². The highest BCUT2D eigenvalue weighted by molar-refractivity contribution is 7.80. The van der Waals surface area contributed by atoms with Crippen molar-refractivity contribution in [3.05, 3.63) is 89.5 Å². The number of benzene rings is 3. The molecule has 3 rings (SSSR count). The number of nitrogens with zero attached hydrogens (tertiary/aromatic N) is 1. The van der Waals surface area contributed by atoms with Gasteiger partial charge in [-0.3, -0.25) is 8.86 Å². The lowest BCUT2D eigenvalue weighted by Crippen LogP contribution is -2.24. The van der Waals surface area contributed by atoms with E-state index < -0.39 is 23.1 Å². The number of aromatic carboxylic acids is 1. The molecule has 0 aliphatic rings. The van der Waals surface area contributed by atoms with Crippen molar-refractivity contribution in [2.24, 2.45) is 0 Å². The molecule has 1 atom stereocenters.